The van der Waals surface area contributed by atoms with Gasteiger partial charge < -0.3 is 19.5 Å². The molecular formula is C19H33NO4. The Labute approximate surface area is 145 Å². The highest BCUT2D eigenvalue weighted by Crippen LogP contribution is 2.54. The SMILES string of the molecule is CCO[C@@H]1C[C@H](NC(=O)[C@@H](C)OC[C@H]2CCCCO2)C12CCCC2. The van der Waals surface area contributed by atoms with E-state index in [1.807, 2.05) is 6.92 Å². The van der Waals surface area contributed by atoms with Crippen LogP contribution >= 0.6 is 0 Å². The van der Waals surface area contributed by atoms with E-state index >= 15 is 0 Å². The average molecular weight is 339 g/mol. The lowest BCUT2D eigenvalue weighted by atomic mass is 9.60. The number of ether oxygens (including phenoxy) is 3. The van der Waals surface area contributed by atoms with Crippen LogP contribution in [0.5, 0.6) is 0 Å². The van der Waals surface area contributed by atoms with Gasteiger partial charge in [-0.2, -0.15) is 0 Å². The summed E-state index contributed by atoms with van der Waals surface area (Å²) >= 11 is 0. The van der Waals surface area contributed by atoms with Crippen LogP contribution in [-0.4, -0.2) is 50.1 Å². The van der Waals surface area contributed by atoms with E-state index in [1.54, 1.807) is 0 Å². The summed E-state index contributed by atoms with van der Waals surface area (Å²) in [6.45, 7) is 5.99. The second kappa shape index (κ2) is 8.15. The molecule has 1 amide bonds. The molecule has 0 aromatic rings. The van der Waals surface area contributed by atoms with Crippen molar-refractivity contribution in [3.63, 3.8) is 0 Å². The van der Waals surface area contributed by atoms with Gasteiger partial charge in [-0.25, -0.2) is 0 Å². The Hall–Kier alpha value is -0.650. The largest absolute Gasteiger partial charge is 0.378 e. The van der Waals surface area contributed by atoms with Gasteiger partial charge in [0.2, 0.25) is 5.91 Å². The van der Waals surface area contributed by atoms with Crippen molar-refractivity contribution in [3.8, 4) is 0 Å². The van der Waals surface area contributed by atoms with Gasteiger partial charge in [-0.15, -0.1) is 0 Å². The summed E-state index contributed by atoms with van der Waals surface area (Å²) in [6.07, 6.45) is 9.22. The number of carbonyl (C=O) groups excluding carboxylic acids is 1. The minimum Gasteiger partial charge on any atom is -0.378 e. The zero-order valence-electron chi connectivity index (χ0n) is 15.2. The lowest BCUT2D eigenvalue weighted by Crippen LogP contribution is -2.64. The Bertz CT molecular complexity index is 416. The predicted molar refractivity (Wildman–Crippen MR) is 91.9 cm³/mol. The molecule has 138 valence electrons. The maximum atomic E-state index is 12.5. The lowest BCUT2D eigenvalue weighted by Gasteiger charge is -2.54. The molecule has 5 heteroatoms. The van der Waals surface area contributed by atoms with Gasteiger partial charge in [0.25, 0.3) is 0 Å². The summed E-state index contributed by atoms with van der Waals surface area (Å²) in [6, 6.07) is 0.251. The molecule has 0 aromatic carbocycles. The monoisotopic (exact) mass is 339 g/mol. The highest BCUT2D eigenvalue weighted by atomic mass is 16.5. The van der Waals surface area contributed by atoms with Gasteiger partial charge in [0, 0.05) is 24.7 Å². The van der Waals surface area contributed by atoms with Crippen LogP contribution in [0.15, 0.2) is 0 Å². The van der Waals surface area contributed by atoms with Crippen LogP contribution in [0.2, 0.25) is 0 Å². The van der Waals surface area contributed by atoms with Crippen LogP contribution in [0.4, 0.5) is 0 Å². The van der Waals surface area contributed by atoms with E-state index in [9.17, 15) is 4.79 Å². The van der Waals surface area contributed by atoms with Crippen molar-refractivity contribution in [2.45, 2.75) is 89.6 Å². The molecule has 0 unspecified atom stereocenters. The van der Waals surface area contributed by atoms with E-state index in [1.165, 1.54) is 32.1 Å². The topological polar surface area (TPSA) is 56.8 Å². The van der Waals surface area contributed by atoms with Gasteiger partial charge in [-0.1, -0.05) is 12.8 Å². The minimum absolute atomic E-state index is 0.0111. The number of amides is 1. The molecule has 0 aromatic heterocycles. The molecule has 1 aliphatic heterocycles. The Morgan fingerprint density at radius 3 is 2.75 bits per heavy atom. The highest BCUT2D eigenvalue weighted by Gasteiger charge is 2.57. The standard InChI is InChI=1S/C19H33NO4/c1-3-22-17-12-16(19(17)9-5-6-10-19)20-18(21)14(2)24-13-15-8-4-7-11-23-15/h14-17H,3-13H2,1-2H3,(H,20,21)/t14-,15-,16+,17-/m1/s1. The first-order chi connectivity index (χ1) is 11.7. The van der Waals surface area contributed by atoms with Gasteiger partial charge in [0.1, 0.15) is 6.10 Å². The van der Waals surface area contributed by atoms with E-state index in [-0.39, 0.29) is 23.5 Å². The first-order valence-electron chi connectivity index (χ1n) is 9.81. The molecule has 3 fully saturated rings. The summed E-state index contributed by atoms with van der Waals surface area (Å²) in [5.41, 5.74) is 0.178. The molecule has 3 aliphatic rings. The van der Waals surface area contributed by atoms with Gasteiger partial charge >= 0.3 is 0 Å². The molecule has 0 radical (unpaired) electrons. The molecule has 24 heavy (non-hydrogen) atoms. The highest BCUT2D eigenvalue weighted by molar-refractivity contribution is 5.80. The second-order valence-electron chi connectivity index (χ2n) is 7.65. The van der Waals surface area contributed by atoms with Crippen molar-refractivity contribution in [2.75, 3.05) is 19.8 Å². The van der Waals surface area contributed by atoms with E-state index in [4.69, 9.17) is 14.2 Å². The predicted octanol–water partition coefficient (Wildman–Crippen LogP) is 2.81. The molecule has 2 aliphatic carbocycles. The van der Waals surface area contributed by atoms with Crippen LogP contribution in [0.3, 0.4) is 0 Å². The first kappa shape index (κ1) is 18.2. The summed E-state index contributed by atoms with van der Waals surface area (Å²) in [5.74, 6) is 0.0111. The zero-order chi connectivity index (χ0) is 17.0. The van der Waals surface area contributed by atoms with Crippen LogP contribution in [0.1, 0.15) is 65.2 Å². The minimum atomic E-state index is -0.417. The maximum Gasteiger partial charge on any atom is 0.249 e. The van der Waals surface area contributed by atoms with Gasteiger partial charge in [0.15, 0.2) is 0 Å². The van der Waals surface area contributed by atoms with Crippen LogP contribution in [0, 0.1) is 5.41 Å². The molecular weight excluding hydrogens is 306 g/mol. The normalized spacial score (nSPS) is 33.2. The van der Waals surface area contributed by atoms with E-state index in [0.717, 1.165) is 32.5 Å². The fraction of sp³-hybridized carbons (Fsp3) is 0.947. The third kappa shape index (κ3) is 3.78. The Morgan fingerprint density at radius 1 is 1.29 bits per heavy atom. The molecule has 0 bridgehead atoms. The number of carbonyl (C=O) groups is 1. The summed E-state index contributed by atoms with van der Waals surface area (Å²) in [4.78, 5) is 12.5. The summed E-state index contributed by atoms with van der Waals surface area (Å²) < 4.78 is 17.4. The number of hydrogen-bond acceptors (Lipinski definition) is 4. The Kier molecular flexibility index (Phi) is 6.17. The van der Waals surface area contributed by atoms with Crippen molar-refractivity contribution >= 4 is 5.91 Å². The Balaban J connectivity index is 1.45. The molecule has 1 saturated heterocycles. The number of hydrogen-bond donors (Lipinski definition) is 1. The quantitative estimate of drug-likeness (QED) is 0.775. The second-order valence-corrected chi connectivity index (χ2v) is 7.65. The van der Waals surface area contributed by atoms with Crippen molar-refractivity contribution in [1.82, 2.24) is 5.32 Å². The average Bonchev–Trinajstić information content (AvgIpc) is 3.12. The van der Waals surface area contributed by atoms with Gasteiger partial charge in [0.05, 0.1) is 18.8 Å². The molecule has 1 N–H and O–H groups in total. The van der Waals surface area contributed by atoms with E-state index in [0.29, 0.717) is 12.7 Å². The van der Waals surface area contributed by atoms with Crippen molar-refractivity contribution in [1.29, 1.82) is 0 Å². The molecule has 3 rings (SSSR count). The molecule has 1 heterocycles. The maximum absolute atomic E-state index is 12.5. The van der Waals surface area contributed by atoms with Crippen LogP contribution in [-0.2, 0) is 19.0 Å². The van der Waals surface area contributed by atoms with E-state index in [2.05, 4.69) is 12.2 Å². The smallest absolute Gasteiger partial charge is 0.249 e. The third-order valence-electron chi connectivity index (χ3n) is 6.18. The molecule has 2 saturated carbocycles. The molecule has 4 atom stereocenters. The van der Waals surface area contributed by atoms with Gasteiger partial charge in [-0.3, -0.25) is 4.79 Å². The van der Waals surface area contributed by atoms with Crippen molar-refractivity contribution in [2.24, 2.45) is 5.41 Å². The lowest BCUT2D eigenvalue weighted by molar-refractivity contribution is -0.152. The van der Waals surface area contributed by atoms with Crippen LogP contribution < -0.4 is 5.32 Å². The Morgan fingerprint density at radius 2 is 2.08 bits per heavy atom. The third-order valence-corrected chi connectivity index (χ3v) is 6.18. The van der Waals surface area contributed by atoms with E-state index < -0.39 is 6.10 Å². The van der Waals surface area contributed by atoms with Crippen molar-refractivity contribution in [3.05, 3.63) is 0 Å². The number of rotatable bonds is 7. The summed E-state index contributed by atoms with van der Waals surface area (Å²) in [7, 11) is 0. The fourth-order valence-electron chi connectivity index (χ4n) is 4.64. The van der Waals surface area contributed by atoms with Gasteiger partial charge in [-0.05, 0) is 52.4 Å². The molecule has 5 nitrogen and oxygen atoms in total. The first-order valence-corrected chi connectivity index (χ1v) is 9.81. The number of nitrogens with one attached hydrogen (secondary N) is 1. The van der Waals surface area contributed by atoms with Crippen molar-refractivity contribution < 1.29 is 19.0 Å². The fourth-order valence-corrected chi connectivity index (χ4v) is 4.64. The zero-order valence-corrected chi connectivity index (χ0v) is 15.2. The van der Waals surface area contributed by atoms with Crippen LogP contribution in [0.25, 0.3) is 0 Å². The summed E-state index contributed by atoms with van der Waals surface area (Å²) in [5, 5.41) is 3.24. The molecule has 1 spiro atoms.